The topological polar surface area (TPSA) is 75.6 Å². The second-order valence-electron chi connectivity index (χ2n) is 5.88. The first-order chi connectivity index (χ1) is 9.84. The maximum Gasteiger partial charge on any atom is 0.336 e. The second kappa shape index (κ2) is 5.85. The predicted molar refractivity (Wildman–Crippen MR) is 78.8 cm³/mol. The summed E-state index contributed by atoms with van der Waals surface area (Å²) >= 11 is 0. The summed E-state index contributed by atoms with van der Waals surface area (Å²) in [5.41, 5.74) is 1.27. The highest BCUT2D eigenvalue weighted by atomic mass is 16.5. The van der Waals surface area contributed by atoms with Gasteiger partial charge in [-0.05, 0) is 44.7 Å². The molecule has 0 aromatic heterocycles. The van der Waals surface area contributed by atoms with Crippen molar-refractivity contribution >= 4 is 11.9 Å². The summed E-state index contributed by atoms with van der Waals surface area (Å²) in [6.07, 6.45) is 1.46. The van der Waals surface area contributed by atoms with Crippen LogP contribution in [0.4, 0.5) is 0 Å². The molecule has 1 heterocycles. The average molecular weight is 291 g/mol. The van der Waals surface area contributed by atoms with Gasteiger partial charge in [0.25, 0.3) is 5.91 Å². The van der Waals surface area contributed by atoms with Crippen LogP contribution in [0, 0.1) is 13.8 Å². The number of carbonyl (C=O) groups is 2. The fourth-order valence-corrected chi connectivity index (χ4v) is 2.66. The van der Waals surface area contributed by atoms with Gasteiger partial charge in [0.05, 0.1) is 11.1 Å². The third kappa shape index (κ3) is 3.24. The van der Waals surface area contributed by atoms with E-state index in [0.29, 0.717) is 24.3 Å². The first-order valence-electron chi connectivity index (χ1n) is 7.08. The zero-order chi connectivity index (χ0) is 15.6. The molecule has 21 heavy (non-hydrogen) atoms. The molecule has 1 aromatic rings. The van der Waals surface area contributed by atoms with Crippen molar-refractivity contribution in [1.82, 2.24) is 5.32 Å². The molecule has 1 amide bonds. The molecular weight excluding hydrogens is 270 g/mol. The monoisotopic (exact) mass is 291 g/mol. The van der Waals surface area contributed by atoms with E-state index in [4.69, 9.17) is 4.74 Å². The molecule has 0 atom stereocenters. The van der Waals surface area contributed by atoms with Gasteiger partial charge in [0.1, 0.15) is 0 Å². The van der Waals surface area contributed by atoms with Crippen molar-refractivity contribution < 1.29 is 19.4 Å². The SMILES string of the molecule is Cc1ccc(C)c(C(=O)NC2(C)CCOCC2)c1C(=O)O. The van der Waals surface area contributed by atoms with Gasteiger partial charge < -0.3 is 15.2 Å². The maximum absolute atomic E-state index is 12.6. The first kappa shape index (κ1) is 15.5. The molecule has 0 bridgehead atoms. The lowest BCUT2D eigenvalue weighted by Gasteiger charge is -2.34. The predicted octanol–water partition coefficient (Wildman–Crippen LogP) is 2.30. The third-order valence-corrected chi connectivity index (χ3v) is 4.07. The minimum absolute atomic E-state index is 0.0863. The Labute approximate surface area is 124 Å². The van der Waals surface area contributed by atoms with Gasteiger partial charge in [0, 0.05) is 18.8 Å². The highest BCUT2D eigenvalue weighted by molar-refractivity contribution is 6.07. The Morgan fingerprint density at radius 2 is 1.67 bits per heavy atom. The quantitative estimate of drug-likeness (QED) is 0.896. The van der Waals surface area contributed by atoms with Crippen LogP contribution in [0.5, 0.6) is 0 Å². The van der Waals surface area contributed by atoms with Crippen LogP contribution in [-0.4, -0.2) is 35.7 Å². The van der Waals surface area contributed by atoms with E-state index in [9.17, 15) is 14.7 Å². The standard InChI is InChI=1S/C16H21NO4/c1-10-4-5-11(2)13(15(19)20)12(10)14(18)17-16(3)6-8-21-9-7-16/h4-5H,6-9H2,1-3H3,(H,17,18)(H,19,20). The van der Waals surface area contributed by atoms with Crippen LogP contribution in [0.25, 0.3) is 0 Å². The summed E-state index contributed by atoms with van der Waals surface area (Å²) in [6, 6.07) is 3.51. The van der Waals surface area contributed by atoms with Crippen molar-refractivity contribution in [2.24, 2.45) is 0 Å². The third-order valence-electron chi connectivity index (χ3n) is 4.07. The van der Waals surface area contributed by atoms with E-state index in [1.807, 2.05) is 6.92 Å². The van der Waals surface area contributed by atoms with Crippen LogP contribution in [-0.2, 0) is 4.74 Å². The number of nitrogens with one attached hydrogen (secondary N) is 1. The average Bonchev–Trinajstić information content (AvgIpc) is 2.40. The molecule has 0 spiro atoms. The number of benzene rings is 1. The van der Waals surface area contributed by atoms with Gasteiger partial charge in [-0.1, -0.05) is 12.1 Å². The molecule has 1 aliphatic heterocycles. The maximum atomic E-state index is 12.6. The van der Waals surface area contributed by atoms with Gasteiger partial charge in [-0.3, -0.25) is 4.79 Å². The summed E-state index contributed by atoms with van der Waals surface area (Å²) in [5.74, 6) is -1.39. The largest absolute Gasteiger partial charge is 0.478 e. The molecule has 2 N–H and O–H groups in total. The molecular formula is C16H21NO4. The number of hydrogen-bond donors (Lipinski definition) is 2. The Morgan fingerprint density at radius 1 is 1.14 bits per heavy atom. The molecule has 1 saturated heterocycles. The zero-order valence-corrected chi connectivity index (χ0v) is 12.7. The van der Waals surface area contributed by atoms with Crippen molar-refractivity contribution in [3.8, 4) is 0 Å². The summed E-state index contributed by atoms with van der Waals surface area (Å²) in [6.45, 7) is 6.65. The van der Waals surface area contributed by atoms with Gasteiger partial charge in [0.15, 0.2) is 0 Å². The lowest BCUT2D eigenvalue weighted by atomic mass is 9.90. The highest BCUT2D eigenvalue weighted by Crippen LogP contribution is 2.23. The molecule has 0 aliphatic carbocycles. The summed E-state index contributed by atoms with van der Waals surface area (Å²) in [7, 11) is 0. The normalized spacial score (nSPS) is 17.3. The van der Waals surface area contributed by atoms with E-state index < -0.39 is 5.97 Å². The molecule has 0 radical (unpaired) electrons. The van der Waals surface area contributed by atoms with E-state index in [2.05, 4.69) is 5.32 Å². The number of carboxylic acid groups (broad SMARTS) is 1. The van der Waals surface area contributed by atoms with Crippen LogP contribution in [0.15, 0.2) is 12.1 Å². The number of carboxylic acids is 1. The lowest BCUT2D eigenvalue weighted by molar-refractivity contribution is 0.0420. The van der Waals surface area contributed by atoms with E-state index in [1.165, 1.54) is 0 Å². The summed E-state index contributed by atoms with van der Waals surface area (Å²) in [5, 5.41) is 12.4. The van der Waals surface area contributed by atoms with Crippen molar-refractivity contribution in [2.45, 2.75) is 39.2 Å². The number of amides is 1. The molecule has 2 rings (SSSR count). The van der Waals surface area contributed by atoms with Gasteiger partial charge >= 0.3 is 5.97 Å². The molecule has 5 nitrogen and oxygen atoms in total. The van der Waals surface area contributed by atoms with Crippen LogP contribution in [0.1, 0.15) is 51.6 Å². The Balaban J connectivity index is 2.35. The minimum atomic E-state index is -1.07. The zero-order valence-electron chi connectivity index (χ0n) is 12.7. The van der Waals surface area contributed by atoms with Gasteiger partial charge in [-0.25, -0.2) is 4.79 Å². The smallest absolute Gasteiger partial charge is 0.336 e. The van der Waals surface area contributed by atoms with E-state index in [-0.39, 0.29) is 22.6 Å². The number of ether oxygens (including phenoxy) is 1. The number of aromatic carboxylic acids is 1. The molecule has 114 valence electrons. The minimum Gasteiger partial charge on any atom is -0.478 e. The molecule has 0 unspecified atom stereocenters. The molecule has 5 heteroatoms. The number of hydrogen-bond acceptors (Lipinski definition) is 3. The first-order valence-corrected chi connectivity index (χ1v) is 7.08. The van der Waals surface area contributed by atoms with Crippen molar-refractivity contribution in [3.05, 3.63) is 34.4 Å². The summed E-state index contributed by atoms with van der Waals surface area (Å²) < 4.78 is 5.31. The molecule has 1 fully saturated rings. The van der Waals surface area contributed by atoms with E-state index in [0.717, 1.165) is 12.8 Å². The van der Waals surface area contributed by atoms with Gasteiger partial charge in [-0.15, -0.1) is 0 Å². The number of carbonyl (C=O) groups excluding carboxylic acids is 1. The second-order valence-corrected chi connectivity index (χ2v) is 5.88. The van der Waals surface area contributed by atoms with E-state index >= 15 is 0 Å². The van der Waals surface area contributed by atoms with E-state index in [1.54, 1.807) is 26.0 Å². The Kier molecular flexibility index (Phi) is 4.32. The van der Waals surface area contributed by atoms with Crippen molar-refractivity contribution in [2.75, 3.05) is 13.2 Å². The number of aryl methyl sites for hydroxylation is 2. The van der Waals surface area contributed by atoms with Crippen molar-refractivity contribution in [1.29, 1.82) is 0 Å². The fraction of sp³-hybridized carbons (Fsp3) is 0.500. The fourth-order valence-electron chi connectivity index (χ4n) is 2.66. The highest BCUT2D eigenvalue weighted by Gasteiger charge is 2.31. The number of rotatable bonds is 3. The summed E-state index contributed by atoms with van der Waals surface area (Å²) in [4.78, 5) is 24.1. The molecule has 0 saturated carbocycles. The Hall–Kier alpha value is -1.88. The lowest BCUT2D eigenvalue weighted by Crippen LogP contribution is -2.50. The van der Waals surface area contributed by atoms with Crippen LogP contribution < -0.4 is 5.32 Å². The molecule has 1 aliphatic rings. The Morgan fingerprint density at radius 3 is 2.19 bits per heavy atom. The van der Waals surface area contributed by atoms with Crippen molar-refractivity contribution in [3.63, 3.8) is 0 Å². The van der Waals surface area contributed by atoms with Crippen LogP contribution >= 0.6 is 0 Å². The van der Waals surface area contributed by atoms with Crippen LogP contribution in [0.2, 0.25) is 0 Å². The Bertz CT molecular complexity index is 574. The van der Waals surface area contributed by atoms with Gasteiger partial charge in [0.2, 0.25) is 0 Å². The van der Waals surface area contributed by atoms with Gasteiger partial charge in [-0.2, -0.15) is 0 Å². The van der Waals surface area contributed by atoms with Crippen LogP contribution in [0.3, 0.4) is 0 Å². The molecule has 1 aromatic carbocycles.